The molecule has 0 radical (unpaired) electrons. The molecular weight excluding hydrogens is 444 g/mol. The number of halogens is 1. The molecule has 34 heavy (non-hydrogen) atoms. The number of allylic oxidation sites excluding steroid dienone is 4. The SMILES string of the molecule is CC(/C=C/Cl)=C(C)/C(C)=C/n1c2ncccc2n2c(CN(C)CCc3ccccn3)c(C)nc12. The highest BCUT2D eigenvalue weighted by Gasteiger charge is 2.19. The molecule has 6 nitrogen and oxygen atoms in total. The summed E-state index contributed by atoms with van der Waals surface area (Å²) in [5.41, 5.74) is 10.2. The lowest BCUT2D eigenvalue weighted by Gasteiger charge is -2.16. The summed E-state index contributed by atoms with van der Waals surface area (Å²) < 4.78 is 4.33. The Morgan fingerprint density at radius 2 is 1.88 bits per heavy atom. The van der Waals surface area contributed by atoms with Crippen LogP contribution in [0, 0.1) is 6.92 Å². The van der Waals surface area contributed by atoms with Crippen molar-refractivity contribution in [1.29, 1.82) is 0 Å². The fraction of sp³-hybridized carbons (Fsp3) is 0.296. The third-order valence-electron chi connectivity index (χ3n) is 6.32. The number of nitrogens with zero attached hydrogens (tertiary/aromatic N) is 6. The summed E-state index contributed by atoms with van der Waals surface area (Å²) in [7, 11) is 2.14. The number of fused-ring (bicyclic) bond motifs is 3. The van der Waals surface area contributed by atoms with Gasteiger partial charge in [0, 0.05) is 49.3 Å². The maximum Gasteiger partial charge on any atom is 0.220 e. The molecule has 4 heterocycles. The lowest BCUT2D eigenvalue weighted by atomic mass is 10.1. The van der Waals surface area contributed by atoms with Crippen molar-refractivity contribution in [2.45, 2.75) is 40.7 Å². The molecule has 0 aromatic carbocycles. The fourth-order valence-corrected chi connectivity index (χ4v) is 4.31. The summed E-state index contributed by atoms with van der Waals surface area (Å²) in [5.74, 6) is 0.872. The average Bonchev–Trinajstić information content (AvgIpc) is 3.31. The summed E-state index contributed by atoms with van der Waals surface area (Å²) >= 11 is 5.79. The molecule has 0 aliphatic carbocycles. The Morgan fingerprint density at radius 3 is 2.62 bits per heavy atom. The number of likely N-dealkylation sites (N-methyl/N-ethyl adjacent to an activating group) is 1. The Kier molecular flexibility index (Phi) is 7.29. The monoisotopic (exact) mass is 474 g/mol. The first-order valence-electron chi connectivity index (χ1n) is 11.4. The summed E-state index contributed by atoms with van der Waals surface area (Å²) in [6.07, 6.45) is 8.62. The van der Waals surface area contributed by atoms with Gasteiger partial charge in [-0.3, -0.25) is 14.0 Å². The van der Waals surface area contributed by atoms with Gasteiger partial charge in [0.2, 0.25) is 5.78 Å². The van der Waals surface area contributed by atoms with Gasteiger partial charge < -0.3 is 4.90 Å². The highest BCUT2D eigenvalue weighted by atomic mass is 35.5. The normalized spacial score (nSPS) is 13.6. The lowest BCUT2D eigenvalue weighted by Crippen LogP contribution is -2.22. The fourth-order valence-electron chi connectivity index (χ4n) is 4.12. The quantitative estimate of drug-likeness (QED) is 0.293. The van der Waals surface area contributed by atoms with Crippen molar-refractivity contribution < 1.29 is 0 Å². The largest absolute Gasteiger partial charge is 0.300 e. The van der Waals surface area contributed by atoms with Crippen LogP contribution in [0.5, 0.6) is 0 Å². The smallest absolute Gasteiger partial charge is 0.220 e. The zero-order valence-corrected chi connectivity index (χ0v) is 21.2. The minimum absolute atomic E-state index is 0.787. The van der Waals surface area contributed by atoms with Crippen LogP contribution >= 0.6 is 11.6 Å². The molecule has 0 amide bonds. The molecule has 0 aliphatic rings. The first-order valence-corrected chi connectivity index (χ1v) is 11.9. The van der Waals surface area contributed by atoms with E-state index in [4.69, 9.17) is 21.6 Å². The Labute approximate surface area is 205 Å². The Hall–Kier alpha value is -3.22. The molecule has 4 rings (SSSR count). The molecule has 176 valence electrons. The molecule has 4 aromatic heterocycles. The first-order chi connectivity index (χ1) is 16.4. The van der Waals surface area contributed by atoms with E-state index in [1.165, 1.54) is 11.3 Å². The van der Waals surface area contributed by atoms with Crippen molar-refractivity contribution in [2.75, 3.05) is 13.6 Å². The van der Waals surface area contributed by atoms with Crippen LogP contribution < -0.4 is 0 Å². The van der Waals surface area contributed by atoms with Crippen LogP contribution in [-0.2, 0) is 13.0 Å². The minimum atomic E-state index is 0.787. The Morgan fingerprint density at radius 1 is 1.09 bits per heavy atom. The van der Waals surface area contributed by atoms with E-state index in [1.807, 2.05) is 36.7 Å². The van der Waals surface area contributed by atoms with E-state index in [0.29, 0.717) is 0 Å². The van der Waals surface area contributed by atoms with E-state index in [2.05, 4.69) is 71.9 Å². The number of aryl methyl sites for hydroxylation is 1. The van der Waals surface area contributed by atoms with Crippen molar-refractivity contribution in [3.05, 3.63) is 88.1 Å². The molecule has 0 unspecified atom stereocenters. The predicted molar refractivity (Wildman–Crippen MR) is 141 cm³/mol. The number of aromatic nitrogens is 5. The Balaban J connectivity index is 1.73. The zero-order valence-electron chi connectivity index (χ0n) is 20.5. The van der Waals surface area contributed by atoms with Crippen LogP contribution in [0.3, 0.4) is 0 Å². The van der Waals surface area contributed by atoms with E-state index >= 15 is 0 Å². The number of rotatable bonds is 8. The number of pyridine rings is 2. The van der Waals surface area contributed by atoms with Crippen molar-refractivity contribution in [3.63, 3.8) is 0 Å². The zero-order chi connectivity index (χ0) is 24.2. The van der Waals surface area contributed by atoms with Crippen LogP contribution in [0.25, 0.3) is 23.1 Å². The summed E-state index contributed by atoms with van der Waals surface area (Å²) in [4.78, 5) is 16.4. The van der Waals surface area contributed by atoms with Crippen molar-refractivity contribution in [2.24, 2.45) is 0 Å². The molecular formula is C27H31ClN6. The molecule has 0 bridgehead atoms. The summed E-state index contributed by atoms with van der Waals surface area (Å²) in [6, 6.07) is 10.2. The highest BCUT2D eigenvalue weighted by Crippen LogP contribution is 2.26. The van der Waals surface area contributed by atoms with E-state index in [1.54, 1.807) is 5.54 Å². The van der Waals surface area contributed by atoms with Gasteiger partial charge in [-0.2, -0.15) is 0 Å². The van der Waals surface area contributed by atoms with Crippen LogP contribution in [0.15, 0.2) is 71.1 Å². The molecule has 7 heteroatoms. The average molecular weight is 475 g/mol. The summed E-state index contributed by atoms with van der Waals surface area (Å²) in [6.45, 7) is 10.1. The standard InChI is InChI=1S/C27H31ClN6/c1-19(11-13-28)21(3)20(2)17-33-26-24(10-8-15-30-26)34-25(22(4)31-27(33)34)18-32(5)16-12-23-9-6-7-14-29-23/h6-11,13-15,17H,12,16,18H2,1-5H3/b13-11+,20-17+,21-19-. The van der Waals surface area contributed by atoms with Gasteiger partial charge in [-0.25, -0.2) is 9.97 Å². The molecule has 0 saturated carbocycles. The molecule has 0 saturated heterocycles. The van der Waals surface area contributed by atoms with E-state index in [0.717, 1.165) is 59.0 Å². The van der Waals surface area contributed by atoms with Crippen molar-refractivity contribution in [1.82, 2.24) is 28.8 Å². The van der Waals surface area contributed by atoms with Gasteiger partial charge in [-0.15, -0.1) is 0 Å². The van der Waals surface area contributed by atoms with Gasteiger partial charge in [0.15, 0.2) is 5.65 Å². The van der Waals surface area contributed by atoms with Gasteiger partial charge in [0.05, 0.1) is 16.9 Å². The van der Waals surface area contributed by atoms with Gasteiger partial charge in [0.1, 0.15) is 0 Å². The van der Waals surface area contributed by atoms with Gasteiger partial charge in [-0.05, 0) is 81.8 Å². The Bertz CT molecular complexity index is 1390. The maximum absolute atomic E-state index is 5.79. The predicted octanol–water partition coefficient (Wildman–Crippen LogP) is 6.01. The van der Waals surface area contributed by atoms with Crippen molar-refractivity contribution >= 4 is 34.7 Å². The highest BCUT2D eigenvalue weighted by molar-refractivity contribution is 6.25. The van der Waals surface area contributed by atoms with Gasteiger partial charge in [-0.1, -0.05) is 17.7 Å². The number of imidazole rings is 2. The van der Waals surface area contributed by atoms with Crippen LogP contribution in [0.2, 0.25) is 0 Å². The van der Waals surface area contributed by atoms with Gasteiger partial charge in [0.25, 0.3) is 0 Å². The maximum atomic E-state index is 5.79. The van der Waals surface area contributed by atoms with Crippen LogP contribution in [-0.4, -0.2) is 42.4 Å². The molecule has 0 spiro atoms. The van der Waals surface area contributed by atoms with Crippen molar-refractivity contribution in [3.8, 4) is 0 Å². The minimum Gasteiger partial charge on any atom is -0.300 e. The second-order valence-electron chi connectivity index (χ2n) is 8.72. The topological polar surface area (TPSA) is 51.2 Å². The first kappa shape index (κ1) is 23.9. The van der Waals surface area contributed by atoms with Crippen LogP contribution in [0.4, 0.5) is 0 Å². The third kappa shape index (κ3) is 4.83. The van der Waals surface area contributed by atoms with E-state index in [-0.39, 0.29) is 0 Å². The number of hydrogen-bond donors (Lipinski definition) is 0. The molecule has 0 fully saturated rings. The number of hydrogen-bond acceptors (Lipinski definition) is 4. The lowest BCUT2D eigenvalue weighted by molar-refractivity contribution is 0.324. The molecule has 0 aliphatic heterocycles. The van der Waals surface area contributed by atoms with E-state index in [9.17, 15) is 0 Å². The molecule has 0 atom stereocenters. The van der Waals surface area contributed by atoms with E-state index < -0.39 is 0 Å². The summed E-state index contributed by atoms with van der Waals surface area (Å²) in [5, 5.41) is 0. The van der Waals surface area contributed by atoms with Crippen LogP contribution in [0.1, 0.15) is 37.9 Å². The second kappa shape index (κ2) is 10.4. The third-order valence-corrected chi connectivity index (χ3v) is 6.45. The molecule has 0 N–H and O–H groups in total. The van der Waals surface area contributed by atoms with Gasteiger partial charge >= 0.3 is 0 Å². The molecule has 4 aromatic rings. The second-order valence-corrected chi connectivity index (χ2v) is 8.97.